The summed E-state index contributed by atoms with van der Waals surface area (Å²) in [5, 5.41) is 3.56. The Bertz CT molecular complexity index is 452. The molecule has 0 saturated carbocycles. The zero-order valence-electron chi connectivity index (χ0n) is 11.4. The average molecular weight is 258 g/mol. The number of hydrogen-bond acceptors (Lipinski definition) is 2. The van der Waals surface area contributed by atoms with Gasteiger partial charge in [0.2, 0.25) is 5.91 Å². The molecule has 1 aromatic rings. The Morgan fingerprint density at radius 3 is 2.95 bits per heavy atom. The molecule has 1 amide bonds. The normalized spacial score (nSPS) is 23.3. The second kappa shape index (κ2) is 5.74. The van der Waals surface area contributed by atoms with Crippen molar-refractivity contribution >= 4 is 11.6 Å². The standard InChI is InChI=1S/C16H22N2O/c19-16-9-8-13-5-1-2-7-15(13)18(16)12-10-14-6-3-4-11-17-14/h1-2,5,7,14,17H,3-4,6,8-12H2. The molecule has 3 rings (SSSR count). The molecule has 1 aromatic carbocycles. The molecule has 0 spiro atoms. The van der Waals surface area contributed by atoms with Gasteiger partial charge in [0.1, 0.15) is 0 Å². The van der Waals surface area contributed by atoms with Gasteiger partial charge in [-0.15, -0.1) is 0 Å². The molecule has 1 saturated heterocycles. The van der Waals surface area contributed by atoms with Crippen molar-refractivity contribution in [3.05, 3.63) is 29.8 Å². The third kappa shape index (κ3) is 2.81. The molecule has 19 heavy (non-hydrogen) atoms. The van der Waals surface area contributed by atoms with Crippen LogP contribution >= 0.6 is 0 Å². The van der Waals surface area contributed by atoms with Crippen LogP contribution in [0.1, 0.15) is 37.7 Å². The Hall–Kier alpha value is -1.35. The van der Waals surface area contributed by atoms with Crippen molar-refractivity contribution in [1.29, 1.82) is 0 Å². The van der Waals surface area contributed by atoms with Crippen LogP contribution in [0.4, 0.5) is 5.69 Å². The van der Waals surface area contributed by atoms with E-state index in [0.29, 0.717) is 12.5 Å². The van der Waals surface area contributed by atoms with Gasteiger partial charge in [-0.3, -0.25) is 4.79 Å². The van der Waals surface area contributed by atoms with Crippen molar-refractivity contribution in [2.75, 3.05) is 18.0 Å². The third-order valence-corrected chi connectivity index (χ3v) is 4.31. The first-order valence-electron chi connectivity index (χ1n) is 7.46. The molecular weight excluding hydrogens is 236 g/mol. The highest BCUT2D eigenvalue weighted by Crippen LogP contribution is 2.28. The molecule has 1 fully saturated rings. The van der Waals surface area contributed by atoms with Gasteiger partial charge in [-0.2, -0.15) is 0 Å². The van der Waals surface area contributed by atoms with E-state index in [-0.39, 0.29) is 5.91 Å². The van der Waals surface area contributed by atoms with Gasteiger partial charge in [0.15, 0.2) is 0 Å². The van der Waals surface area contributed by atoms with E-state index in [1.54, 1.807) is 0 Å². The number of amides is 1. The highest BCUT2D eigenvalue weighted by Gasteiger charge is 2.24. The number of carbonyl (C=O) groups excluding carboxylic acids is 1. The van der Waals surface area contributed by atoms with Gasteiger partial charge >= 0.3 is 0 Å². The molecule has 0 aromatic heterocycles. The van der Waals surface area contributed by atoms with Gasteiger partial charge in [-0.1, -0.05) is 24.6 Å². The summed E-state index contributed by atoms with van der Waals surface area (Å²) in [7, 11) is 0. The van der Waals surface area contributed by atoms with Crippen LogP contribution in [0.25, 0.3) is 0 Å². The van der Waals surface area contributed by atoms with Crippen molar-refractivity contribution in [3.8, 4) is 0 Å². The van der Waals surface area contributed by atoms with Crippen molar-refractivity contribution in [3.63, 3.8) is 0 Å². The summed E-state index contributed by atoms with van der Waals surface area (Å²) < 4.78 is 0. The van der Waals surface area contributed by atoms with E-state index in [9.17, 15) is 4.79 Å². The van der Waals surface area contributed by atoms with Crippen LogP contribution in [-0.4, -0.2) is 25.0 Å². The second-order valence-corrected chi connectivity index (χ2v) is 5.61. The van der Waals surface area contributed by atoms with E-state index in [1.807, 2.05) is 11.0 Å². The maximum Gasteiger partial charge on any atom is 0.227 e. The van der Waals surface area contributed by atoms with Crippen LogP contribution in [0.15, 0.2) is 24.3 Å². The largest absolute Gasteiger partial charge is 0.314 e. The monoisotopic (exact) mass is 258 g/mol. The molecule has 3 nitrogen and oxygen atoms in total. The first-order chi connectivity index (χ1) is 9.34. The Balaban J connectivity index is 1.67. The third-order valence-electron chi connectivity index (χ3n) is 4.31. The molecule has 2 aliphatic heterocycles. The van der Waals surface area contributed by atoms with E-state index in [1.165, 1.54) is 24.8 Å². The smallest absolute Gasteiger partial charge is 0.227 e. The van der Waals surface area contributed by atoms with Crippen molar-refractivity contribution in [1.82, 2.24) is 5.32 Å². The van der Waals surface area contributed by atoms with Crippen molar-refractivity contribution in [2.24, 2.45) is 0 Å². The fourth-order valence-electron chi connectivity index (χ4n) is 3.20. The summed E-state index contributed by atoms with van der Waals surface area (Å²) in [6.07, 6.45) is 6.50. The summed E-state index contributed by atoms with van der Waals surface area (Å²) in [5.74, 6) is 0.287. The number of carbonyl (C=O) groups is 1. The molecule has 2 aliphatic rings. The lowest BCUT2D eigenvalue weighted by atomic mass is 9.98. The number of para-hydroxylation sites is 1. The van der Waals surface area contributed by atoms with E-state index >= 15 is 0 Å². The van der Waals surface area contributed by atoms with Crippen LogP contribution < -0.4 is 10.2 Å². The molecule has 102 valence electrons. The van der Waals surface area contributed by atoms with Gasteiger partial charge in [-0.05, 0) is 43.9 Å². The summed E-state index contributed by atoms with van der Waals surface area (Å²) in [5.41, 5.74) is 2.45. The maximum absolute atomic E-state index is 12.1. The van der Waals surface area contributed by atoms with E-state index < -0.39 is 0 Å². The van der Waals surface area contributed by atoms with Crippen molar-refractivity contribution in [2.45, 2.75) is 44.6 Å². The molecule has 1 atom stereocenters. The molecular formula is C16H22N2O. The lowest BCUT2D eigenvalue weighted by Gasteiger charge is -2.32. The second-order valence-electron chi connectivity index (χ2n) is 5.61. The first kappa shape index (κ1) is 12.7. The highest BCUT2D eigenvalue weighted by molar-refractivity contribution is 5.96. The molecule has 0 radical (unpaired) electrons. The number of nitrogens with zero attached hydrogens (tertiary/aromatic N) is 1. The number of piperidine rings is 1. The predicted octanol–water partition coefficient (Wildman–Crippen LogP) is 2.50. The molecule has 0 bridgehead atoms. The van der Waals surface area contributed by atoms with E-state index in [2.05, 4.69) is 23.5 Å². The lowest BCUT2D eigenvalue weighted by Crippen LogP contribution is -2.41. The number of fused-ring (bicyclic) bond motifs is 1. The minimum absolute atomic E-state index is 0.287. The number of hydrogen-bond donors (Lipinski definition) is 1. The SMILES string of the molecule is O=C1CCc2ccccc2N1CCC1CCCCN1. The number of rotatable bonds is 3. The van der Waals surface area contributed by atoms with Crippen LogP contribution in [0.3, 0.4) is 0 Å². The average Bonchev–Trinajstić information content (AvgIpc) is 2.47. The summed E-state index contributed by atoms with van der Waals surface area (Å²) in [4.78, 5) is 14.1. The minimum atomic E-state index is 0.287. The quantitative estimate of drug-likeness (QED) is 0.903. The number of aryl methyl sites for hydroxylation is 1. The summed E-state index contributed by atoms with van der Waals surface area (Å²) in [6.45, 7) is 1.99. The molecule has 3 heteroatoms. The van der Waals surface area contributed by atoms with Crippen LogP contribution in [0, 0.1) is 0 Å². The summed E-state index contributed by atoms with van der Waals surface area (Å²) >= 11 is 0. The van der Waals surface area contributed by atoms with Gasteiger partial charge in [-0.25, -0.2) is 0 Å². The van der Waals surface area contributed by atoms with Crippen LogP contribution in [0.5, 0.6) is 0 Å². The maximum atomic E-state index is 12.1. The van der Waals surface area contributed by atoms with Gasteiger partial charge in [0.25, 0.3) is 0 Å². The molecule has 1 N–H and O–H groups in total. The Labute approximate surface area is 115 Å². The minimum Gasteiger partial charge on any atom is -0.314 e. The Kier molecular flexibility index (Phi) is 3.83. The van der Waals surface area contributed by atoms with Crippen LogP contribution in [-0.2, 0) is 11.2 Å². The van der Waals surface area contributed by atoms with Crippen LogP contribution in [0.2, 0.25) is 0 Å². The zero-order valence-corrected chi connectivity index (χ0v) is 11.4. The topological polar surface area (TPSA) is 32.3 Å². The van der Waals surface area contributed by atoms with Gasteiger partial charge in [0.05, 0.1) is 0 Å². The fourth-order valence-corrected chi connectivity index (χ4v) is 3.20. The summed E-state index contributed by atoms with van der Waals surface area (Å²) in [6, 6.07) is 8.92. The number of benzene rings is 1. The number of anilines is 1. The van der Waals surface area contributed by atoms with E-state index in [4.69, 9.17) is 0 Å². The number of nitrogens with one attached hydrogen (secondary N) is 1. The Morgan fingerprint density at radius 1 is 1.21 bits per heavy atom. The first-order valence-corrected chi connectivity index (χ1v) is 7.46. The fraction of sp³-hybridized carbons (Fsp3) is 0.562. The van der Waals surface area contributed by atoms with Crippen molar-refractivity contribution < 1.29 is 4.79 Å². The molecule has 2 heterocycles. The van der Waals surface area contributed by atoms with E-state index in [0.717, 1.165) is 31.6 Å². The zero-order chi connectivity index (χ0) is 13.1. The lowest BCUT2D eigenvalue weighted by molar-refractivity contribution is -0.118. The van der Waals surface area contributed by atoms with Gasteiger partial charge in [0, 0.05) is 24.7 Å². The highest BCUT2D eigenvalue weighted by atomic mass is 16.2. The molecule has 1 unspecified atom stereocenters. The Morgan fingerprint density at radius 2 is 2.11 bits per heavy atom. The predicted molar refractivity (Wildman–Crippen MR) is 77.4 cm³/mol. The molecule has 0 aliphatic carbocycles. The van der Waals surface area contributed by atoms with Gasteiger partial charge < -0.3 is 10.2 Å².